The fraction of sp³-hybridized carbons (Fsp3) is 0.632. The number of rotatable bonds is 4. The van der Waals surface area contributed by atoms with Crippen molar-refractivity contribution in [1.29, 1.82) is 0 Å². The Kier molecular flexibility index (Phi) is 3.93. The molecule has 2 aromatic rings. The summed E-state index contributed by atoms with van der Waals surface area (Å²) in [7, 11) is 0. The summed E-state index contributed by atoms with van der Waals surface area (Å²) in [5.74, 6) is 1.58. The van der Waals surface area contributed by atoms with Gasteiger partial charge in [0, 0.05) is 29.9 Å². The highest BCUT2D eigenvalue weighted by molar-refractivity contribution is 5.96. The van der Waals surface area contributed by atoms with Crippen molar-refractivity contribution < 1.29 is 9.32 Å². The van der Waals surface area contributed by atoms with Gasteiger partial charge in [-0.1, -0.05) is 19.0 Å². The zero-order valence-electron chi connectivity index (χ0n) is 15.5. The van der Waals surface area contributed by atoms with Crippen molar-refractivity contribution in [2.45, 2.75) is 71.4 Å². The molecule has 6 nitrogen and oxygen atoms in total. The molecule has 2 aliphatic rings. The minimum atomic E-state index is -0.0762. The smallest absolute Gasteiger partial charge is 0.256 e. The number of carbonyl (C=O) groups is 1. The van der Waals surface area contributed by atoms with E-state index in [2.05, 4.69) is 28.6 Å². The van der Waals surface area contributed by atoms with E-state index in [0.717, 1.165) is 30.6 Å². The molecule has 0 aromatic carbocycles. The Morgan fingerprint density at radius 3 is 2.68 bits per heavy atom. The standard InChI is InChI=1S/C19H26N4O2/c1-11(2)18-20-17(21-25-18)16-6-5-9-22(16)19(24)15-10-12(3)23(13(15)4)14-7-8-14/h10-11,14,16H,5-9H2,1-4H3/t16-/m1/s1. The van der Waals surface area contributed by atoms with E-state index < -0.39 is 0 Å². The molecule has 0 radical (unpaired) electrons. The quantitative estimate of drug-likeness (QED) is 0.844. The summed E-state index contributed by atoms with van der Waals surface area (Å²) < 4.78 is 7.68. The van der Waals surface area contributed by atoms with Gasteiger partial charge in [0.2, 0.25) is 5.89 Å². The molecule has 1 aliphatic heterocycles. The van der Waals surface area contributed by atoms with Crippen molar-refractivity contribution in [1.82, 2.24) is 19.6 Å². The predicted octanol–water partition coefficient (Wildman–Crippen LogP) is 3.92. The minimum Gasteiger partial charge on any atom is -0.345 e. The number of amides is 1. The largest absolute Gasteiger partial charge is 0.345 e. The molecule has 2 fully saturated rings. The van der Waals surface area contributed by atoms with Crippen LogP contribution in [0.3, 0.4) is 0 Å². The van der Waals surface area contributed by atoms with Crippen LogP contribution in [0, 0.1) is 13.8 Å². The first-order valence-corrected chi connectivity index (χ1v) is 9.30. The predicted molar refractivity (Wildman–Crippen MR) is 93.6 cm³/mol. The summed E-state index contributed by atoms with van der Waals surface area (Å²) in [5.41, 5.74) is 3.09. The molecule has 0 bridgehead atoms. The molecular weight excluding hydrogens is 316 g/mol. The molecule has 2 aromatic heterocycles. The van der Waals surface area contributed by atoms with Crippen molar-refractivity contribution in [3.8, 4) is 0 Å². The van der Waals surface area contributed by atoms with Crippen LogP contribution in [-0.2, 0) is 0 Å². The van der Waals surface area contributed by atoms with Gasteiger partial charge in [-0.05, 0) is 45.6 Å². The van der Waals surface area contributed by atoms with Crippen LogP contribution in [-0.4, -0.2) is 32.1 Å². The Morgan fingerprint density at radius 1 is 1.28 bits per heavy atom. The van der Waals surface area contributed by atoms with Gasteiger partial charge in [0.25, 0.3) is 5.91 Å². The number of nitrogens with zero attached hydrogens (tertiary/aromatic N) is 4. The van der Waals surface area contributed by atoms with Crippen molar-refractivity contribution in [3.05, 3.63) is 34.7 Å². The van der Waals surface area contributed by atoms with Gasteiger partial charge in [-0.25, -0.2) is 0 Å². The van der Waals surface area contributed by atoms with Gasteiger partial charge >= 0.3 is 0 Å². The first-order valence-electron chi connectivity index (χ1n) is 9.30. The lowest BCUT2D eigenvalue weighted by atomic mass is 10.1. The zero-order valence-corrected chi connectivity index (χ0v) is 15.5. The van der Waals surface area contributed by atoms with E-state index in [1.807, 2.05) is 24.8 Å². The molecule has 4 rings (SSSR count). The molecule has 1 amide bonds. The van der Waals surface area contributed by atoms with E-state index in [1.54, 1.807) is 0 Å². The second-order valence-electron chi connectivity index (χ2n) is 7.69. The van der Waals surface area contributed by atoms with Crippen molar-refractivity contribution in [3.63, 3.8) is 0 Å². The van der Waals surface area contributed by atoms with Crippen molar-refractivity contribution >= 4 is 5.91 Å². The summed E-state index contributed by atoms with van der Waals surface area (Å²) in [6.45, 7) is 8.97. The molecule has 0 unspecified atom stereocenters. The van der Waals surface area contributed by atoms with Crippen LogP contribution in [0.2, 0.25) is 0 Å². The molecule has 0 spiro atoms. The van der Waals surface area contributed by atoms with E-state index >= 15 is 0 Å². The fourth-order valence-corrected chi connectivity index (χ4v) is 3.94. The van der Waals surface area contributed by atoms with Gasteiger partial charge in [-0.2, -0.15) is 4.98 Å². The monoisotopic (exact) mass is 342 g/mol. The Balaban J connectivity index is 1.61. The molecule has 1 saturated carbocycles. The highest BCUT2D eigenvalue weighted by Crippen LogP contribution is 2.39. The van der Waals surface area contributed by atoms with Crippen LogP contribution in [0.1, 0.15) is 91.0 Å². The van der Waals surface area contributed by atoms with E-state index in [-0.39, 0.29) is 17.9 Å². The zero-order chi connectivity index (χ0) is 17.7. The van der Waals surface area contributed by atoms with E-state index in [0.29, 0.717) is 17.8 Å². The summed E-state index contributed by atoms with van der Waals surface area (Å²) in [4.78, 5) is 19.7. The van der Waals surface area contributed by atoms with Gasteiger partial charge in [0.05, 0.1) is 11.6 Å². The molecule has 1 atom stereocenters. The molecular formula is C19H26N4O2. The number of hydrogen-bond donors (Lipinski definition) is 0. The summed E-state index contributed by atoms with van der Waals surface area (Å²) in [6, 6.07) is 2.55. The minimum absolute atomic E-state index is 0.0762. The van der Waals surface area contributed by atoms with Crippen molar-refractivity contribution in [2.75, 3.05) is 6.54 Å². The highest BCUT2D eigenvalue weighted by Gasteiger charge is 2.36. The molecule has 6 heteroatoms. The molecule has 3 heterocycles. The van der Waals surface area contributed by atoms with Gasteiger partial charge in [0.15, 0.2) is 5.82 Å². The van der Waals surface area contributed by atoms with Gasteiger partial charge in [-0.3, -0.25) is 4.79 Å². The molecule has 0 N–H and O–H groups in total. The summed E-state index contributed by atoms with van der Waals surface area (Å²) in [5, 5.41) is 4.14. The Labute approximate surface area is 148 Å². The first kappa shape index (κ1) is 16.4. The molecule has 25 heavy (non-hydrogen) atoms. The number of aromatic nitrogens is 3. The van der Waals surface area contributed by atoms with Crippen LogP contribution >= 0.6 is 0 Å². The molecule has 1 saturated heterocycles. The SMILES string of the molecule is Cc1cc(C(=O)N2CCC[C@@H]2c2noc(C(C)C)n2)c(C)n1C1CC1. The number of aryl methyl sites for hydroxylation is 1. The Bertz CT molecular complexity index is 800. The fourth-order valence-electron chi connectivity index (χ4n) is 3.94. The average molecular weight is 342 g/mol. The third-order valence-electron chi connectivity index (χ3n) is 5.39. The lowest BCUT2D eigenvalue weighted by Gasteiger charge is -2.22. The summed E-state index contributed by atoms with van der Waals surface area (Å²) >= 11 is 0. The maximum Gasteiger partial charge on any atom is 0.256 e. The van der Waals surface area contributed by atoms with Gasteiger partial charge in [-0.15, -0.1) is 0 Å². The number of likely N-dealkylation sites (tertiary alicyclic amines) is 1. The topological polar surface area (TPSA) is 64.2 Å². The van der Waals surface area contributed by atoms with Crippen LogP contribution in [0.4, 0.5) is 0 Å². The molecule has 134 valence electrons. The van der Waals surface area contributed by atoms with E-state index in [4.69, 9.17) is 4.52 Å². The Hall–Kier alpha value is -2.11. The van der Waals surface area contributed by atoms with Crippen LogP contribution in [0.5, 0.6) is 0 Å². The third-order valence-corrected chi connectivity index (χ3v) is 5.39. The van der Waals surface area contributed by atoms with E-state index in [9.17, 15) is 4.79 Å². The maximum absolute atomic E-state index is 13.2. The normalized spacial score (nSPS) is 20.7. The summed E-state index contributed by atoms with van der Waals surface area (Å²) in [6.07, 6.45) is 4.31. The molecule has 1 aliphatic carbocycles. The van der Waals surface area contributed by atoms with Gasteiger partial charge in [0.1, 0.15) is 0 Å². The lowest BCUT2D eigenvalue weighted by molar-refractivity contribution is 0.0727. The Morgan fingerprint density at radius 2 is 2.04 bits per heavy atom. The van der Waals surface area contributed by atoms with Crippen molar-refractivity contribution in [2.24, 2.45) is 0 Å². The van der Waals surface area contributed by atoms with E-state index in [1.165, 1.54) is 18.5 Å². The maximum atomic E-state index is 13.2. The lowest BCUT2D eigenvalue weighted by Crippen LogP contribution is -2.31. The van der Waals surface area contributed by atoms with Crippen LogP contribution in [0.25, 0.3) is 0 Å². The second-order valence-corrected chi connectivity index (χ2v) is 7.69. The average Bonchev–Trinajstić information content (AvgIpc) is 3.02. The number of hydrogen-bond acceptors (Lipinski definition) is 4. The van der Waals surface area contributed by atoms with Crippen LogP contribution < -0.4 is 0 Å². The van der Waals surface area contributed by atoms with Gasteiger partial charge < -0.3 is 14.0 Å². The highest BCUT2D eigenvalue weighted by atomic mass is 16.5. The van der Waals surface area contributed by atoms with Crippen LogP contribution in [0.15, 0.2) is 10.6 Å². The third kappa shape index (κ3) is 2.77. The number of carbonyl (C=O) groups excluding carboxylic acids is 1. The second kappa shape index (κ2) is 6.00. The first-order chi connectivity index (χ1) is 12.0.